The Hall–Kier alpha value is -2.50. The van der Waals surface area contributed by atoms with Crippen LogP contribution in [0, 0.1) is 0 Å². The molecule has 0 aliphatic heterocycles. The Balaban J connectivity index is 2.55. The normalized spacial score (nSPS) is 10.7. The van der Waals surface area contributed by atoms with Gasteiger partial charge < -0.3 is 19.5 Å². The highest BCUT2D eigenvalue weighted by molar-refractivity contribution is 5.89. The maximum atomic E-state index is 11.7. The molecule has 0 atom stereocenters. The van der Waals surface area contributed by atoms with E-state index in [1.165, 1.54) is 6.08 Å². The van der Waals surface area contributed by atoms with E-state index in [-0.39, 0.29) is 18.6 Å². The molecule has 0 aliphatic carbocycles. The molecule has 132 valence electrons. The molecule has 1 aromatic carbocycles. The molecular weight excluding hydrogens is 310 g/mol. The molecule has 0 heterocycles. The minimum atomic E-state index is -0.587. The van der Waals surface area contributed by atoms with Crippen LogP contribution < -0.4 is 14.8 Å². The Bertz CT molecular complexity index is 557. The number of methoxy groups -OCH3 is 2. The van der Waals surface area contributed by atoms with Gasteiger partial charge in [-0.05, 0) is 36.6 Å². The first-order valence-electron chi connectivity index (χ1n) is 7.89. The van der Waals surface area contributed by atoms with Crippen LogP contribution in [0.15, 0.2) is 24.3 Å². The zero-order valence-corrected chi connectivity index (χ0v) is 14.6. The van der Waals surface area contributed by atoms with Gasteiger partial charge in [-0.25, -0.2) is 4.79 Å². The fourth-order valence-corrected chi connectivity index (χ4v) is 2.04. The van der Waals surface area contributed by atoms with E-state index in [2.05, 4.69) is 5.32 Å². The lowest BCUT2D eigenvalue weighted by Crippen LogP contribution is -2.36. The van der Waals surface area contributed by atoms with Crippen LogP contribution in [0.4, 0.5) is 0 Å². The van der Waals surface area contributed by atoms with E-state index >= 15 is 0 Å². The molecule has 6 nitrogen and oxygen atoms in total. The van der Waals surface area contributed by atoms with Crippen LogP contribution >= 0.6 is 0 Å². The van der Waals surface area contributed by atoms with Gasteiger partial charge in [0.1, 0.15) is 11.5 Å². The Labute approximate surface area is 142 Å². The number of carbonyl (C=O) groups is 2. The Morgan fingerprint density at radius 2 is 1.67 bits per heavy atom. The first kappa shape index (κ1) is 19.5. The minimum absolute atomic E-state index is 0.107. The summed E-state index contributed by atoms with van der Waals surface area (Å²) in [5.41, 5.74) is 0.727. The molecule has 0 fully saturated rings. The summed E-state index contributed by atoms with van der Waals surface area (Å²) in [5, 5.41) is 2.80. The number of carbonyl (C=O) groups excluding carboxylic acids is 2. The van der Waals surface area contributed by atoms with Gasteiger partial charge in [-0.1, -0.05) is 13.8 Å². The first-order valence-corrected chi connectivity index (χ1v) is 7.89. The number of hydrogen-bond donors (Lipinski definition) is 1. The van der Waals surface area contributed by atoms with E-state index in [1.54, 1.807) is 38.5 Å². The highest BCUT2D eigenvalue weighted by Crippen LogP contribution is 2.23. The summed E-state index contributed by atoms with van der Waals surface area (Å²) in [6.07, 6.45) is 4.52. The maximum absolute atomic E-state index is 11.7. The third-order valence-electron chi connectivity index (χ3n) is 3.48. The van der Waals surface area contributed by atoms with Gasteiger partial charge in [-0.3, -0.25) is 4.79 Å². The number of nitrogens with one attached hydrogen (secondary N) is 1. The van der Waals surface area contributed by atoms with Crippen LogP contribution in [0.5, 0.6) is 11.5 Å². The molecule has 1 aromatic rings. The summed E-state index contributed by atoms with van der Waals surface area (Å²) >= 11 is 0. The van der Waals surface area contributed by atoms with E-state index in [0.717, 1.165) is 18.4 Å². The van der Waals surface area contributed by atoms with Gasteiger partial charge in [0, 0.05) is 18.2 Å². The summed E-state index contributed by atoms with van der Waals surface area (Å²) in [5.74, 6) is 0.351. The number of rotatable bonds is 9. The molecule has 0 saturated carbocycles. The van der Waals surface area contributed by atoms with Crippen molar-refractivity contribution in [2.75, 3.05) is 20.8 Å². The van der Waals surface area contributed by atoms with Crippen LogP contribution in [-0.2, 0) is 14.3 Å². The second-order valence-corrected chi connectivity index (χ2v) is 5.17. The average molecular weight is 335 g/mol. The molecule has 0 aromatic heterocycles. The van der Waals surface area contributed by atoms with Crippen molar-refractivity contribution >= 4 is 18.0 Å². The second kappa shape index (κ2) is 10.3. The van der Waals surface area contributed by atoms with Crippen molar-refractivity contribution < 1.29 is 23.8 Å². The Kier molecular flexibility index (Phi) is 8.39. The highest BCUT2D eigenvalue weighted by Gasteiger charge is 2.10. The van der Waals surface area contributed by atoms with Crippen molar-refractivity contribution in [3.63, 3.8) is 0 Å². The lowest BCUT2D eigenvalue weighted by Gasteiger charge is -2.14. The molecule has 0 aliphatic rings. The molecule has 1 rings (SSSR count). The summed E-state index contributed by atoms with van der Waals surface area (Å²) in [7, 11) is 3.10. The van der Waals surface area contributed by atoms with Crippen LogP contribution in [0.2, 0.25) is 0 Å². The molecule has 0 unspecified atom stereocenters. The maximum Gasteiger partial charge on any atom is 0.331 e. The molecule has 6 heteroatoms. The summed E-state index contributed by atoms with van der Waals surface area (Å²) in [6, 6.07) is 5.35. The van der Waals surface area contributed by atoms with Crippen LogP contribution in [0.25, 0.3) is 6.08 Å². The van der Waals surface area contributed by atoms with E-state index in [0.29, 0.717) is 11.5 Å². The molecular formula is C18H25NO5. The lowest BCUT2D eigenvalue weighted by atomic mass is 10.2. The number of benzene rings is 1. The second-order valence-electron chi connectivity index (χ2n) is 5.17. The van der Waals surface area contributed by atoms with Gasteiger partial charge >= 0.3 is 5.97 Å². The molecule has 0 bridgehead atoms. The quantitative estimate of drug-likeness (QED) is 0.554. The lowest BCUT2D eigenvalue weighted by molar-refractivity contribution is -0.144. The van der Waals surface area contributed by atoms with E-state index in [9.17, 15) is 9.59 Å². The summed E-state index contributed by atoms with van der Waals surface area (Å²) in [4.78, 5) is 23.4. The fraction of sp³-hybridized carbons (Fsp3) is 0.444. The highest BCUT2D eigenvalue weighted by atomic mass is 16.5. The minimum Gasteiger partial charge on any atom is -0.497 e. The van der Waals surface area contributed by atoms with Crippen molar-refractivity contribution in [1.82, 2.24) is 5.32 Å². The van der Waals surface area contributed by atoms with Gasteiger partial charge in [0.15, 0.2) is 6.61 Å². The molecule has 0 spiro atoms. The number of hydrogen-bond acceptors (Lipinski definition) is 5. The summed E-state index contributed by atoms with van der Waals surface area (Å²) < 4.78 is 15.2. The van der Waals surface area contributed by atoms with Gasteiger partial charge in [-0.15, -0.1) is 0 Å². The predicted octanol–water partition coefficient (Wildman–Crippen LogP) is 2.57. The Morgan fingerprint density at radius 3 is 2.17 bits per heavy atom. The van der Waals surface area contributed by atoms with Gasteiger partial charge in [-0.2, -0.15) is 0 Å². The average Bonchev–Trinajstić information content (AvgIpc) is 2.62. The largest absolute Gasteiger partial charge is 0.497 e. The molecule has 1 amide bonds. The van der Waals surface area contributed by atoms with E-state index in [1.807, 2.05) is 13.8 Å². The Morgan fingerprint density at radius 1 is 1.08 bits per heavy atom. The van der Waals surface area contributed by atoms with Crippen molar-refractivity contribution in [2.45, 2.75) is 32.7 Å². The van der Waals surface area contributed by atoms with Crippen LogP contribution in [0.1, 0.15) is 32.3 Å². The number of esters is 1. The van der Waals surface area contributed by atoms with E-state index < -0.39 is 5.97 Å². The van der Waals surface area contributed by atoms with Gasteiger partial charge in [0.05, 0.1) is 14.2 Å². The van der Waals surface area contributed by atoms with Crippen LogP contribution in [-0.4, -0.2) is 38.7 Å². The van der Waals surface area contributed by atoms with Crippen molar-refractivity contribution in [1.29, 1.82) is 0 Å². The first-order chi connectivity index (χ1) is 11.5. The number of ether oxygens (including phenoxy) is 3. The molecule has 1 N–H and O–H groups in total. The molecule has 0 radical (unpaired) electrons. The third-order valence-corrected chi connectivity index (χ3v) is 3.48. The monoisotopic (exact) mass is 335 g/mol. The van der Waals surface area contributed by atoms with E-state index in [4.69, 9.17) is 14.2 Å². The fourth-order valence-electron chi connectivity index (χ4n) is 2.04. The van der Waals surface area contributed by atoms with Crippen molar-refractivity contribution in [3.8, 4) is 11.5 Å². The van der Waals surface area contributed by atoms with Crippen LogP contribution in [0.3, 0.4) is 0 Å². The third kappa shape index (κ3) is 6.73. The zero-order chi connectivity index (χ0) is 17.9. The summed E-state index contributed by atoms with van der Waals surface area (Å²) in [6.45, 7) is 3.69. The van der Waals surface area contributed by atoms with Crippen molar-refractivity contribution in [2.24, 2.45) is 0 Å². The molecule has 24 heavy (non-hydrogen) atoms. The van der Waals surface area contributed by atoms with Gasteiger partial charge in [0.2, 0.25) is 0 Å². The van der Waals surface area contributed by atoms with Crippen molar-refractivity contribution in [3.05, 3.63) is 29.8 Å². The number of amides is 1. The topological polar surface area (TPSA) is 73.9 Å². The molecule has 0 saturated heterocycles. The standard InChI is InChI=1S/C18H25NO5/c1-5-14(6-2)19-17(20)12-24-18(21)8-7-13-9-15(22-3)11-16(10-13)23-4/h7-11,14H,5-6,12H2,1-4H3,(H,19,20)/b8-7+. The SMILES string of the molecule is CCC(CC)NC(=O)COC(=O)/C=C/c1cc(OC)cc(OC)c1. The predicted molar refractivity (Wildman–Crippen MR) is 92.1 cm³/mol. The smallest absolute Gasteiger partial charge is 0.331 e. The van der Waals surface area contributed by atoms with Gasteiger partial charge in [0.25, 0.3) is 5.91 Å². The zero-order valence-electron chi connectivity index (χ0n) is 14.6.